The second kappa shape index (κ2) is 7.88. The maximum Gasteiger partial charge on any atom is 0.233 e. The number of benzene rings is 2. The van der Waals surface area contributed by atoms with Gasteiger partial charge in [-0.2, -0.15) is 0 Å². The van der Waals surface area contributed by atoms with Crippen molar-refractivity contribution in [3.8, 4) is 11.5 Å². The number of pyridine rings is 1. The Bertz CT molecular complexity index is 977. The minimum absolute atomic E-state index is 0.0927. The molecule has 4 rings (SSSR count). The van der Waals surface area contributed by atoms with Crippen molar-refractivity contribution in [3.63, 3.8) is 0 Å². The third-order valence-electron chi connectivity index (χ3n) is 4.46. The summed E-state index contributed by atoms with van der Waals surface area (Å²) in [6, 6.07) is 17.8. The van der Waals surface area contributed by atoms with Crippen LogP contribution in [-0.4, -0.2) is 34.9 Å². The Morgan fingerprint density at radius 1 is 1.11 bits per heavy atom. The number of carbonyl (C=O) groups excluding carboxylic acids is 1. The molecule has 1 aromatic heterocycles. The summed E-state index contributed by atoms with van der Waals surface area (Å²) in [6.07, 6.45) is 0. The molecule has 3 aromatic rings. The Labute approximate surface area is 162 Å². The van der Waals surface area contributed by atoms with Gasteiger partial charge < -0.3 is 14.4 Å². The zero-order chi connectivity index (χ0) is 18.6. The van der Waals surface area contributed by atoms with Crippen LogP contribution >= 0.6 is 11.8 Å². The number of amides is 1. The first kappa shape index (κ1) is 17.7. The number of para-hydroxylation sites is 1. The largest absolute Gasteiger partial charge is 0.454 e. The fourth-order valence-corrected chi connectivity index (χ4v) is 3.77. The van der Waals surface area contributed by atoms with Crippen molar-refractivity contribution >= 4 is 28.6 Å². The maximum atomic E-state index is 12.7. The third-order valence-corrected chi connectivity index (χ3v) is 5.38. The van der Waals surface area contributed by atoms with E-state index in [9.17, 15) is 4.79 Å². The summed E-state index contributed by atoms with van der Waals surface area (Å²) in [4.78, 5) is 19.1. The molecule has 6 heteroatoms. The van der Waals surface area contributed by atoms with Gasteiger partial charge in [-0.15, -0.1) is 0 Å². The molecule has 1 amide bonds. The molecule has 0 fully saturated rings. The van der Waals surface area contributed by atoms with Gasteiger partial charge in [0.05, 0.1) is 16.3 Å². The number of hydrogen-bond donors (Lipinski definition) is 0. The lowest BCUT2D eigenvalue weighted by Gasteiger charge is -2.21. The number of aromatic nitrogens is 1. The van der Waals surface area contributed by atoms with Crippen molar-refractivity contribution in [2.45, 2.75) is 18.5 Å². The van der Waals surface area contributed by atoms with Crippen molar-refractivity contribution in [2.75, 3.05) is 19.1 Å². The van der Waals surface area contributed by atoms with Crippen molar-refractivity contribution < 1.29 is 14.3 Å². The standard InChI is InChI=1S/C21H20N2O3S/c1-2-23(12-15-7-9-18-19(11-15)26-14-25-18)21(24)13-27-20-10-8-16-5-3-4-6-17(16)22-20/h3-11H,2,12-14H2,1H3. The summed E-state index contributed by atoms with van der Waals surface area (Å²) in [5.74, 6) is 1.95. The molecule has 1 aliphatic heterocycles. The first-order valence-electron chi connectivity index (χ1n) is 8.88. The Morgan fingerprint density at radius 3 is 2.85 bits per heavy atom. The van der Waals surface area contributed by atoms with Crippen LogP contribution in [0.5, 0.6) is 11.5 Å². The summed E-state index contributed by atoms with van der Waals surface area (Å²) < 4.78 is 10.8. The molecule has 1 aliphatic rings. The highest BCUT2D eigenvalue weighted by Gasteiger charge is 2.17. The molecule has 0 saturated carbocycles. The fraction of sp³-hybridized carbons (Fsp3) is 0.238. The van der Waals surface area contributed by atoms with Crippen LogP contribution in [0.15, 0.2) is 59.6 Å². The molecule has 2 aromatic carbocycles. The minimum Gasteiger partial charge on any atom is -0.454 e. The lowest BCUT2D eigenvalue weighted by atomic mass is 10.2. The van der Waals surface area contributed by atoms with E-state index in [1.54, 1.807) is 0 Å². The molecule has 2 heterocycles. The summed E-state index contributed by atoms with van der Waals surface area (Å²) in [5.41, 5.74) is 1.98. The molecular weight excluding hydrogens is 360 g/mol. The number of fused-ring (bicyclic) bond motifs is 2. The number of rotatable bonds is 6. The van der Waals surface area contributed by atoms with Gasteiger partial charge in [0.15, 0.2) is 11.5 Å². The van der Waals surface area contributed by atoms with E-state index in [0.717, 1.165) is 33.0 Å². The van der Waals surface area contributed by atoms with Gasteiger partial charge in [-0.1, -0.05) is 42.1 Å². The number of thioether (sulfide) groups is 1. The number of hydrogen-bond acceptors (Lipinski definition) is 5. The monoisotopic (exact) mass is 380 g/mol. The molecule has 138 valence electrons. The zero-order valence-corrected chi connectivity index (χ0v) is 15.9. The van der Waals surface area contributed by atoms with Crippen molar-refractivity contribution in [2.24, 2.45) is 0 Å². The molecular formula is C21H20N2O3S. The lowest BCUT2D eigenvalue weighted by Crippen LogP contribution is -2.31. The second-order valence-electron chi connectivity index (χ2n) is 6.23. The van der Waals surface area contributed by atoms with E-state index in [-0.39, 0.29) is 12.7 Å². The fourth-order valence-electron chi connectivity index (χ4n) is 2.99. The molecule has 0 aliphatic carbocycles. The highest BCUT2D eigenvalue weighted by Crippen LogP contribution is 2.32. The van der Waals surface area contributed by atoms with Gasteiger partial charge in [-0.3, -0.25) is 4.79 Å². The third kappa shape index (κ3) is 4.01. The molecule has 0 bridgehead atoms. The molecule has 0 saturated heterocycles. The Balaban J connectivity index is 1.39. The van der Waals surface area contributed by atoms with Crippen molar-refractivity contribution in [1.82, 2.24) is 9.88 Å². The van der Waals surface area contributed by atoms with Crippen molar-refractivity contribution in [1.29, 1.82) is 0 Å². The van der Waals surface area contributed by atoms with Gasteiger partial charge in [-0.25, -0.2) is 4.98 Å². The molecule has 27 heavy (non-hydrogen) atoms. The molecule has 5 nitrogen and oxygen atoms in total. The Morgan fingerprint density at radius 2 is 1.96 bits per heavy atom. The van der Waals surface area contributed by atoms with Crippen LogP contribution in [0.2, 0.25) is 0 Å². The van der Waals surface area contributed by atoms with Crippen LogP contribution in [0.4, 0.5) is 0 Å². The van der Waals surface area contributed by atoms with Gasteiger partial charge in [-0.05, 0) is 36.8 Å². The normalized spacial score (nSPS) is 12.3. The van der Waals surface area contributed by atoms with E-state index >= 15 is 0 Å². The molecule has 0 radical (unpaired) electrons. The average Bonchev–Trinajstić information content (AvgIpc) is 3.18. The van der Waals surface area contributed by atoms with E-state index in [2.05, 4.69) is 4.98 Å². The minimum atomic E-state index is 0.0927. The summed E-state index contributed by atoms with van der Waals surface area (Å²) >= 11 is 1.47. The van der Waals surface area contributed by atoms with Crippen LogP contribution in [0.1, 0.15) is 12.5 Å². The first-order valence-corrected chi connectivity index (χ1v) is 9.86. The molecule has 0 unspecified atom stereocenters. The summed E-state index contributed by atoms with van der Waals surface area (Å²) in [7, 11) is 0. The smallest absolute Gasteiger partial charge is 0.233 e. The topological polar surface area (TPSA) is 51.7 Å². The van der Waals surface area contributed by atoms with E-state index in [1.807, 2.05) is 66.4 Å². The van der Waals surface area contributed by atoms with Crippen LogP contribution in [-0.2, 0) is 11.3 Å². The number of ether oxygens (including phenoxy) is 2. The van der Waals surface area contributed by atoms with Crippen LogP contribution in [0.25, 0.3) is 10.9 Å². The Kier molecular flexibility index (Phi) is 5.16. The van der Waals surface area contributed by atoms with Gasteiger partial charge >= 0.3 is 0 Å². The average molecular weight is 380 g/mol. The lowest BCUT2D eigenvalue weighted by molar-refractivity contribution is -0.128. The Hall–Kier alpha value is -2.73. The molecule has 0 spiro atoms. The predicted molar refractivity (Wildman–Crippen MR) is 106 cm³/mol. The predicted octanol–water partition coefficient (Wildman–Crippen LogP) is 4.10. The highest BCUT2D eigenvalue weighted by molar-refractivity contribution is 7.99. The van der Waals surface area contributed by atoms with Crippen molar-refractivity contribution in [3.05, 3.63) is 60.2 Å². The molecule has 0 atom stereocenters. The van der Waals surface area contributed by atoms with Crippen LogP contribution in [0.3, 0.4) is 0 Å². The highest BCUT2D eigenvalue weighted by atomic mass is 32.2. The van der Waals surface area contributed by atoms with Gasteiger partial charge in [0.1, 0.15) is 0 Å². The number of carbonyl (C=O) groups is 1. The first-order chi connectivity index (χ1) is 13.2. The van der Waals surface area contributed by atoms with E-state index in [0.29, 0.717) is 18.8 Å². The summed E-state index contributed by atoms with van der Waals surface area (Å²) in [6.45, 7) is 3.45. The van der Waals surface area contributed by atoms with Crippen LogP contribution in [0, 0.1) is 0 Å². The zero-order valence-electron chi connectivity index (χ0n) is 15.1. The maximum absolute atomic E-state index is 12.7. The quantitative estimate of drug-likeness (QED) is 0.603. The van der Waals surface area contributed by atoms with E-state index in [4.69, 9.17) is 9.47 Å². The van der Waals surface area contributed by atoms with Gasteiger partial charge in [0, 0.05) is 18.5 Å². The van der Waals surface area contributed by atoms with E-state index < -0.39 is 0 Å². The SMILES string of the molecule is CCN(Cc1ccc2c(c1)OCO2)C(=O)CSc1ccc2ccccc2n1. The number of nitrogens with zero attached hydrogens (tertiary/aromatic N) is 2. The van der Waals surface area contributed by atoms with Crippen LogP contribution < -0.4 is 9.47 Å². The summed E-state index contributed by atoms with van der Waals surface area (Å²) in [5, 5.41) is 1.97. The van der Waals surface area contributed by atoms with E-state index in [1.165, 1.54) is 11.8 Å². The molecule has 0 N–H and O–H groups in total. The second-order valence-corrected chi connectivity index (χ2v) is 7.22. The van der Waals surface area contributed by atoms with Gasteiger partial charge in [0.25, 0.3) is 0 Å². The van der Waals surface area contributed by atoms with Gasteiger partial charge in [0.2, 0.25) is 12.7 Å².